The van der Waals surface area contributed by atoms with E-state index in [1.54, 1.807) is 0 Å². The molecule has 0 aliphatic carbocycles. The highest BCUT2D eigenvalue weighted by molar-refractivity contribution is 4.77. The maximum atomic E-state index is 5.48. The van der Waals surface area contributed by atoms with Crippen LogP contribution in [0.1, 0.15) is 47.0 Å². The number of ether oxygens (including phenoxy) is 1. The van der Waals surface area contributed by atoms with Gasteiger partial charge in [0.2, 0.25) is 0 Å². The smallest absolute Gasteiger partial charge is 0.0634 e. The summed E-state index contributed by atoms with van der Waals surface area (Å²) in [5.74, 6) is 0.874. The van der Waals surface area contributed by atoms with E-state index >= 15 is 0 Å². The summed E-state index contributed by atoms with van der Waals surface area (Å²) in [6, 6.07) is 0.616. The molecule has 3 nitrogen and oxygen atoms in total. The average molecular weight is 256 g/mol. The van der Waals surface area contributed by atoms with Crippen LogP contribution in [0.15, 0.2) is 0 Å². The Morgan fingerprint density at radius 3 is 2.39 bits per heavy atom. The number of likely N-dealkylation sites (tertiary alicyclic amines) is 1. The van der Waals surface area contributed by atoms with Crippen LogP contribution in [0.4, 0.5) is 0 Å². The molecular formula is C15H32N2O. The fourth-order valence-electron chi connectivity index (χ4n) is 2.35. The van der Waals surface area contributed by atoms with Crippen molar-refractivity contribution in [1.29, 1.82) is 0 Å². The quantitative estimate of drug-likeness (QED) is 0.757. The summed E-state index contributed by atoms with van der Waals surface area (Å²) in [6.45, 7) is 13.7. The van der Waals surface area contributed by atoms with E-state index in [0.717, 1.165) is 12.3 Å². The summed E-state index contributed by atoms with van der Waals surface area (Å²) in [7, 11) is 1.81. The fourth-order valence-corrected chi connectivity index (χ4v) is 2.35. The number of hydrogen-bond acceptors (Lipinski definition) is 3. The number of rotatable bonds is 7. The van der Waals surface area contributed by atoms with E-state index in [0.29, 0.717) is 6.04 Å². The standard InChI is InChI=1S/C15H32N2O/c1-13(2)16-12-14-6-9-17(10-7-14)11-8-15(3,4)18-5/h13-14,16H,6-12H2,1-5H3. The molecule has 0 spiro atoms. The molecule has 0 amide bonds. The van der Waals surface area contributed by atoms with Crippen molar-refractivity contribution in [2.24, 2.45) is 5.92 Å². The lowest BCUT2D eigenvalue weighted by atomic mass is 9.95. The molecule has 108 valence electrons. The highest BCUT2D eigenvalue weighted by Crippen LogP contribution is 2.19. The van der Waals surface area contributed by atoms with Crippen molar-refractivity contribution >= 4 is 0 Å². The molecule has 0 radical (unpaired) electrons. The lowest BCUT2D eigenvalue weighted by Crippen LogP contribution is -2.40. The van der Waals surface area contributed by atoms with Crippen molar-refractivity contribution in [2.45, 2.75) is 58.6 Å². The summed E-state index contributed by atoms with van der Waals surface area (Å²) in [5, 5.41) is 3.56. The second-order valence-electron chi connectivity index (χ2n) is 6.56. The SMILES string of the molecule is COC(C)(C)CCN1CCC(CNC(C)C)CC1. The van der Waals surface area contributed by atoms with Crippen LogP contribution in [0.25, 0.3) is 0 Å². The second-order valence-corrected chi connectivity index (χ2v) is 6.56. The van der Waals surface area contributed by atoms with Crippen molar-refractivity contribution in [3.8, 4) is 0 Å². The Kier molecular flexibility index (Phi) is 6.61. The summed E-state index contributed by atoms with van der Waals surface area (Å²) < 4.78 is 5.48. The zero-order valence-corrected chi connectivity index (χ0v) is 13.0. The molecule has 1 aliphatic heterocycles. The number of methoxy groups -OCH3 is 1. The maximum Gasteiger partial charge on any atom is 0.0634 e. The summed E-state index contributed by atoms with van der Waals surface area (Å²) >= 11 is 0. The van der Waals surface area contributed by atoms with Crippen molar-refractivity contribution < 1.29 is 4.74 Å². The monoisotopic (exact) mass is 256 g/mol. The first kappa shape index (κ1) is 15.9. The molecule has 18 heavy (non-hydrogen) atoms. The number of nitrogens with zero attached hydrogens (tertiary/aromatic N) is 1. The second kappa shape index (κ2) is 7.46. The van der Waals surface area contributed by atoms with E-state index in [9.17, 15) is 0 Å². The number of piperidine rings is 1. The molecule has 1 saturated heterocycles. The lowest BCUT2D eigenvalue weighted by molar-refractivity contribution is 0.00488. The van der Waals surface area contributed by atoms with Gasteiger partial charge in [0.15, 0.2) is 0 Å². The molecule has 1 heterocycles. The van der Waals surface area contributed by atoms with Gasteiger partial charge in [-0.25, -0.2) is 0 Å². The van der Waals surface area contributed by atoms with Crippen LogP contribution >= 0.6 is 0 Å². The normalized spacial score (nSPS) is 19.7. The Hall–Kier alpha value is -0.120. The van der Waals surface area contributed by atoms with E-state index in [2.05, 4.69) is 37.9 Å². The van der Waals surface area contributed by atoms with Crippen LogP contribution in [-0.4, -0.2) is 49.8 Å². The van der Waals surface area contributed by atoms with Gasteiger partial charge >= 0.3 is 0 Å². The Labute approximate surface area is 113 Å². The molecule has 1 aliphatic rings. The van der Waals surface area contributed by atoms with Gasteiger partial charge in [-0.3, -0.25) is 0 Å². The van der Waals surface area contributed by atoms with Crippen LogP contribution in [0.3, 0.4) is 0 Å². The van der Waals surface area contributed by atoms with Crippen LogP contribution < -0.4 is 5.32 Å². The zero-order valence-electron chi connectivity index (χ0n) is 13.0. The molecule has 1 N–H and O–H groups in total. The lowest BCUT2D eigenvalue weighted by Gasteiger charge is -2.34. The Balaban J connectivity index is 2.15. The Morgan fingerprint density at radius 2 is 1.89 bits per heavy atom. The summed E-state index contributed by atoms with van der Waals surface area (Å²) in [6.07, 6.45) is 3.80. The molecule has 0 bridgehead atoms. The topological polar surface area (TPSA) is 24.5 Å². The molecule has 0 atom stereocenters. The van der Waals surface area contributed by atoms with Crippen LogP contribution in [0.2, 0.25) is 0 Å². The van der Waals surface area contributed by atoms with Crippen molar-refractivity contribution in [1.82, 2.24) is 10.2 Å². The van der Waals surface area contributed by atoms with Gasteiger partial charge in [0.1, 0.15) is 0 Å². The molecule has 0 aromatic heterocycles. The van der Waals surface area contributed by atoms with Gasteiger partial charge in [-0.1, -0.05) is 13.8 Å². The van der Waals surface area contributed by atoms with Gasteiger partial charge in [0.25, 0.3) is 0 Å². The average Bonchev–Trinajstić information content (AvgIpc) is 2.35. The van der Waals surface area contributed by atoms with Crippen molar-refractivity contribution in [3.05, 3.63) is 0 Å². The fraction of sp³-hybridized carbons (Fsp3) is 1.00. The molecule has 1 rings (SSSR count). The molecule has 0 unspecified atom stereocenters. The summed E-state index contributed by atoms with van der Waals surface area (Å²) in [4.78, 5) is 2.59. The molecule has 3 heteroatoms. The van der Waals surface area contributed by atoms with Crippen molar-refractivity contribution in [3.63, 3.8) is 0 Å². The third-order valence-corrected chi connectivity index (χ3v) is 4.10. The Morgan fingerprint density at radius 1 is 1.28 bits per heavy atom. The van der Waals surface area contributed by atoms with Crippen molar-refractivity contribution in [2.75, 3.05) is 33.3 Å². The largest absolute Gasteiger partial charge is 0.379 e. The zero-order chi connectivity index (χ0) is 13.6. The van der Waals surface area contributed by atoms with Gasteiger partial charge in [-0.15, -0.1) is 0 Å². The number of nitrogens with one attached hydrogen (secondary N) is 1. The van der Waals surface area contributed by atoms with Gasteiger partial charge in [-0.2, -0.15) is 0 Å². The predicted octanol–water partition coefficient (Wildman–Crippen LogP) is 2.51. The minimum absolute atomic E-state index is 0.0239. The van der Waals surface area contributed by atoms with E-state index < -0.39 is 0 Å². The summed E-state index contributed by atoms with van der Waals surface area (Å²) in [5.41, 5.74) is 0.0239. The van der Waals surface area contributed by atoms with E-state index in [1.807, 2.05) is 7.11 Å². The highest BCUT2D eigenvalue weighted by atomic mass is 16.5. The minimum Gasteiger partial charge on any atom is -0.379 e. The van der Waals surface area contributed by atoms with Crippen LogP contribution in [-0.2, 0) is 4.74 Å². The van der Waals surface area contributed by atoms with Gasteiger partial charge in [0, 0.05) is 19.7 Å². The first-order chi connectivity index (χ1) is 8.43. The van der Waals surface area contributed by atoms with Gasteiger partial charge in [0.05, 0.1) is 5.60 Å². The number of hydrogen-bond donors (Lipinski definition) is 1. The minimum atomic E-state index is 0.0239. The highest BCUT2D eigenvalue weighted by Gasteiger charge is 2.22. The first-order valence-corrected chi connectivity index (χ1v) is 7.44. The predicted molar refractivity (Wildman–Crippen MR) is 78.0 cm³/mol. The Bertz CT molecular complexity index is 221. The van der Waals surface area contributed by atoms with E-state index in [4.69, 9.17) is 4.74 Å². The van der Waals surface area contributed by atoms with Gasteiger partial charge in [-0.05, 0) is 58.7 Å². The molecule has 1 fully saturated rings. The van der Waals surface area contributed by atoms with E-state index in [-0.39, 0.29) is 5.60 Å². The van der Waals surface area contributed by atoms with Gasteiger partial charge < -0.3 is 15.0 Å². The molecule has 0 saturated carbocycles. The third-order valence-electron chi connectivity index (χ3n) is 4.10. The van der Waals surface area contributed by atoms with Crippen LogP contribution in [0, 0.1) is 5.92 Å². The van der Waals surface area contributed by atoms with Crippen LogP contribution in [0.5, 0.6) is 0 Å². The molecule has 0 aromatic carbocycles. The first-order valence-electron chi connectivity index (χ1n) is 7.44. The molecular weight excluding hydrogens is 224 g/mol. The molecule has 0 aromatic rings. The third kappa shape index (κ3) is 6.17. The van der Waals surface area contributed by atoms with E-state index in [1.165, 1.54) is 39.0 Å². The maximum absolute atomic E-state index is 5.48.